The number of ether oxygens (including phenoxy) is 2. The van der Waals surface area contributed by atoms with Gasteiger partial charge in [-0.25, -0.2) is 4.68 Å². The summed E-state index contributed by atoms with van der Waals surface area (Å²) in [6.45, 7) is 3.20. The summed E-state index contributed by atoms with van der Waals surface area (Å²) in [4.78, 5) is 1.30. The largest absolute Gasteiger partial charge is 0.485 e. The van der Waals surface area contributed by atoms with Gasteiger partial charge in [-0.2, -0.15) is 18.3 Å². The number of hydrogen-bond acceptors (Lipinski definition) is 5. The Hall–Kier alpha value is -2.07. The van der Waals surface area contributed by atoms with Gasteiger partial charge in [-0.15, -0.1) is 0 Å². The normalized spacial score (nSPS) is 16.8. The summed E-state index contributed by atoms with van der Waals surface area (Å²) in [5.41, 5.74) is 0. The van der Waals surface area contributed by atoms with Gasteiger partial charge in [0.2, 0.25) is 0 Å². The fourth-order valence-electron chi connectivity index (χ4n) is 3.16. The highest BCUT2D eigenvalue weighted by molar-refractivity contribution is 7.71. The van der Waals surface area contributed by atoms with Crippen LogP contribution in [0.5, 0.6) is 11.5 Å². The van der Waals surface area contributed by atoms with Crippen molar-refractivity contribution in [2.24, 2.45) is 13.0 Å². The van der Waals surface area contributed by atoms with E-state index in [2.05, 4.69) is 5.10 Å². The Morgan fingerprint density at radius 3 is 2.61 bits per heavy atom. The van der Waals surface area contributed by atoms with Crippen LogP contribution in [0.1, 0.15) is 25.8 Å². The molecule has 1 aromatic carbocycles. The van der Waals surface area contributed by atoms with Crippen LogP contribution in [0.3, 0.4) is 0 Å². The van der Waals surface area contributed by atoms with Crippen molar-refractivity contribution in [2.75, 3.05) is 19.7 Å². The zero-order chi connectivity index (χ0) is 20.5. The highest BCUT2D eigenvalue weighted by Crippen LogP contribution is 2.35. The quantitative estimate of drug-likeness (QED) is 0.668. The van der Waals surface area contributed by atoms with Gasteiger partial charge in [0.05, 0.1) is 13.2 Å². The summed E-state index contributed by atoms with van der Waals surface area (Å²) in [7, 11) is 1.72. The predicted octanol–water partition coefficient (Wildman–Crippen LogP) is 3.94. The summed E-state index contributed by atoms with van der Waals surface area (Å²) in [5.74, 6) is 1.83. The number of alkyl halides is 3. The molecule has 0 saturated carbocycles. The number of rotatable bonds is 6. The third-order valence-corrected chi connectivity index (χ3v) is 4.72. The summed E-state index contributed by atoms with van der Waals surface area (Å²) < 4.78 is 53.9. The van der Waals surface area contributed by atoms with Crippen LogP contribution < -0.4 is 9.47 Å². The van der Waals surface area contributed by atoms with Crippen molar-refractivity contribution in [3.63, 3.8) is 0 Å². The third-order valence-electron chi connectivity index (χ3n) is 4.23. The van der Waals surface area contributed by atoms with E-state index < -0.39 is 18.8 Å². The fourth-order valence-corrected chi connectivity index (χ4v) is 3.35. The third kappa shape index (κ3) is 4.85. The lowest BCUT2D eigenvalue weighted by atomic mass is 10.2. The smallest absolute Gasteiger partial charge is 0.401 e. The number of fused-ring (bicyclic) bond motifs is 1. The highest BCUT2D eigenvalue weighted by atomic mass is 32.1. The maximum Gasteiger partial charge on any atom is 0.401 e. The molecule has 0 aliphatic carbocycles. The molecule has 0 spiro atoms. The fraction of sp³-hybridized carbons (Fsp3) is 0.556. The Morgan fingerprint density at radius 1 is 1.29 bits per heavy atom. The van der Waals surface area contributed by atoms with Crippen molar-refractivity contribution in [2.45, 2.75) is 32.8 Å². The van der Waals surface area contributed by atoms with Gasteiger partial charge in [0.25, 0.3) is 0 Å². The summed E-state index contributed by atoms with van der Waals surface area (Å²) >= 11 is 5.39. The van der Waals surface area contributed by atoms with E-state index in [9.17, 15) is 13.2 Å². The average Bonchev–Trinajstić information content (AvgIpc) is 2.88. The predicted molar refractivity (Wildman–Crippen MR) is 99.8 cm³/mol. The molecule has 10 heteroatoms. The van der Waals surface area contributed by atoms with Crippen molar-refractivity contribution in [3.8, 4) is 11.5 Å². The average molecular weight is 416 g/mol. The van der Waals surface area contributed by atoms with Crippen molar-refractivity contribution >= 4 is 12.2 Å². The molecule has 0 amide bonds. The monoisotopic (exact) mass is 416 g/mol. The summed E-state index contributed by atoms with van der Waals surface area (Å²) in [6, 6.07) is 7.29. The molecule has 2 aromatic rings. The molecule has 28 heavy (non-hydrogen) atoms. The Kier molecular flexibility index (Phi) is 5.99. The second kappa shape index (κ2) is 8.12. The minimum Gasteiger partial charge on any atom is -0.485 e. The molecule has 2 heterocycles. The molecule has 0 saturated heterocycles. The van der Waals surface area contributed by atoms with Crippen molar-refractivity contribution < 1.29 is 22.6 Å². The van der Waals surface area contributed by atoms with Gasteiger partial charge in [-0.3, -0.25) is 4.90 Å². The molecular formula is C18H23F3N4O2S. The van der Waals surface area contributed by atoms with Crippen molar-refractivity contribution in [1.29, 1.82) is 0 Å². The van der Waals surface area contributed by atoms with E-state index in [4.69, 9.17) is 21.7 Å². The minimum atomic E-state index is -4.29. The standard InChI is InChI=1S/C18H23F3N4O2S/c1-12(2)8-24(10-18(19,20)21)11-25-17(28)23(3)16(22-25)15-9-26-13-6-4-5-7-14(13)27-15/h4-7,12,15H,8-11H2,1-3H3/t15-/m1/s1. The molecule has 1 aliphatic rings. The molecule has 0 N–H and O–H groups in total. The van der Waals surface area contributed by atoms with E-state index in [-0.39, 0.29) is 25.7 Å². The first-order valence-corrected chi connectivity index (χ1v) is 9.36. The van der Waals surface area contributed by atoms with Gasteiger partial charge < -0.3 is 14.0 Å². The Labute approximate surface area is 166 Å². The van der Waals surface area contributed by atoms with Gasteiger partial charge >= 0.3 is 6.18 Å². The van der Waals surface area contributed by atoms with E-state index in [0.29, 0.717) is 22.1 Å². The summed E-state index contributed by atoms with van der Waals surface area (Å²) in [6.07, 6.45) is -4.79. The van der Waals surface area contributed by atoms with Crippen LogP contribution in [0.15, 0.2) is 24.3 Å². The van der Waals surface area contributed by atoms with Gasteiger partial charge in [0, 0.05) is 13.6 Å². The number of para-hydroxylation sites is 2. The van der Waals surface area contributed by atoms with E-state index in [1.807, 2.05) is 32.0 Å². The first-order chi connectivity index (χ1) is 13.1. The maximum absolute atomic E-state index is 12.9. The summed E-state index contributed by atoms with van der Waals surface area (Å²) in [5, 5.41) is 4.44. The molecular weight excluding hydrogens is 393 g/mol. The van der Waals surface area contributed by atoms with Crippen LogP contribution >= 0.6 is 12.2 Å². The molecule has 154 valence electrons. The van der Waals surface area contributed by atoms with Gasteiger partial charge in [-0.05, 0) is 30.3 Å². The van der Waals surface area contributed by atoms with Gasteiger partial charge in [0.1, 0.15) is 6.61 Å². The first-order valence-electron chi connectivity index (χ1n) is 8.95. The van der Waals surface area contributed by atoms with Gasteiger partial charge in [0.15, 0.2) is 28.2 Å². The highest BCUT2D eigenvalue weighted by Gasteiger charge is 2.32. The van der Waals surface area contributed by atoms with Crippen LogP contribution in [0.2, 0.25) is 0 Å². The van der Waals surface area contributed by atoms with Crippen molar-refractivity contribution in [1.82, 2.24) is 19.2 Å². The molecule has 0 bridgehead atoms. The van der Waals surface area contributed by atoms with Crippen LogP contribution in [-0.4, -0.2) is 45.1 Å². The Bertz CT molecular complexity index is 878. The zero-order valence-corrected chi connectivity index (χ0v) is 16.8. The van der Waals surface area contributed by atoms with E-state index in [1.165, 1.54) is 9.58 Å². The van der Waals surface area contributed by atoms with Crippen LogP contribution in [-0.2, 0) is 13.7 Å². The molecule has 1 atom stereocenters. The second-order valence-corrected chi connectivity index (χ2v) is 7.59. The van der Waals surface area contributed by atoms with Crippen LogP contribution in [0, 0.1) is 10.7 Å². The SMILES string of the molecule is CC(C)CN(Cn1nc([C@H]2COc3ccccc3O2)n(C)c1=S)CC(F)(F)F. The number of aromatic nitrogens is 3. The Balaban J connectivity index is 1.82. The molecule has 0 fully saturated rings. The van der Waals surface area contributed by atoms with Crippen LogP contribution in [0.4, 0.5) is 13.2 Å². The lowest BCUT2D eigenvalue weighted by Crippen LogP contribution is -2.38. The molecule has 1 aliphatic heterocycles. The van der Waals surface area contributed by atoms with Crippen LogP contribution in [0.25, 0.3) is 0 Å². The van der Waals surface area contributed by atoms with E-state index >= 15 is 0 Å². The lowest BCUT2D eigenvalue weighted by molar-refractivity contribution is -0.151. The Morgan fingerprint density at radius 2 is 1.96 bits per heavy atom. The minimum absolute atomic E-state index is 0.0471. The molecule has 6 nitrogen and oxygen atoms in total. The topological polar surface area (TPSA) is 44.5 Å². The first kappa shape index (κ1) is 20.7. The molecule has 0 unspecified atom stereocenters. The zero-order valence-electron chi connectivity index (χ0n) is 15.9. The maximum atomic E-state index is 12.9. The van der Waals surface area contributed by atoms with E-state index in [0.717, 1.165) is 0 Å². The molecule has 0 radical (unpaired) electrons. The van der Waals surface area contributed by atoms with Gasteiger partial charge in [-0.1, -0.05) is 26.0 Å². The number of benzene rings is 1. The van der Waals surface area contributed by atoms with Crippen molar-refractivity contribution in [3.05, 3.63) is 34.9 Å². The van der Waals surface area contributed by atoms with E-state index in [1.54, 1.807) is 17.7 Å². The molecule has 3 rings (SSSR count). The second-order valence-electron chi connectivity index (χ2n) is 7.23. The number of nitrogens with zero attached hydrogens (tertiary/aromatic N) is 4. The number of halogens is 3. The number of hydrogen-bond donors (Lipinski definition) is 0. The lowest BCUT2D eigenvalue weighted by Gasteiger charge is -2.26. The molecule has 1 aromatic heterocycles.